The number of anilines is 2. The average Bonchev–Trinajstić information content (AvgIpc) is 4.28. The second-order valence-corrected chi connectivity index (χ2v) is 19.3. The zero-order valence-corrected chi connectivity index (χ0v) is 42.0. The first-order chi connectivity index (χ1) is 34.6. The number of nitrogens with zero attached hydrogens (tertiary/aromatic N) is 8. The number of fused-ring (bicyclic) bond motifs is 6. The van der Waals surface area contributed by atoms with Crippen LogP contribution in [0.1, 0.15) is 31.0 Å². The van der Waals surface area contributed by atoms with Gasteiger partial charge in [-0.2, -0.15) is 0 Å². The van der Waals surface area contributed by atoms with Gasteiger partial charge in [-0.05, 0) is 53.5 Å². The molecule has 0 radical (unpaired) electrons. The number of nitrogens with two attached hydrogens (primary N) is 2. The summed E-state index contributed by atoms with van der Waals surface area (Å²) in [6.45, 7) is -1.93. The molecule has 9 heterocycles. The van der Waals surface area contributed by atoms with E-state index < -0.39 is 69.6 Å². The standard InChI is InChI=1S/C23H21BN5O5S.C13H11BO2S.C10H13N5O4.CH4.Na/c25-21-18-22(27-11-26-21)29(12-28-18)23-20-19(17(9-30)32-23)33-24(34-20)16-8-15(7-6-13(16)10-31-24)35-14-4-2-1-3-5-14;15-14-13-8-12(7-6-10(13)9-16-14)17-11-4-2-1-3-5-11;11-8-5-9(13-2-12-8)15(3-14-5)10-7(18)6(17)4(1-16)19-10;;/h1-8,11-12,17,19-20,23,30H,9-10H2,(H2,25,26,27);1-8,15H,9H2;2-4,6-7,10,16-18H,1H2,(H2,11,12,13);1H4;/q-1;;;;+1/t17-,19+,20?,23-,24?;;4-,6+,7?,10-;;/m1.1../s1. The number of aliphatic hydroxyl groups excluding tert-OH is 4. The van der Waals surface area contributed by atoms with Gasteiger partial charge in [-0.15, -0.1) is 5.46 Å². The minimum absolute atomic E-state index is 0. The van der Waals surface area contributed by atoms with Gasteiger partial charge in [-0.3, -0.25) is 9.13 Å². The van der Waals surface area contributed by atoms with Crippen molar-refractivity contribution in [2.75, 3.05) is 24.7 Å². The first kappa shape index (κ1) is 52.8. The Hall–Kier alpha value is -5.03. The van der Waals surface area contributed by atoms with Gasteiger partial charge in [-0.25, -0.2) is 29.9 Å². The quantitative estimate of drug-likeness (QED) is 0.0929. The zero-order valence-electron chi connectivity index (χ0n) is 38.4. The fraction of sp³-hybridized carbons (Fsp3) is 0.277. The Balaban J connectivity index is 0.000000146. The van der Waals surface area contributed by atoms with Crippen molar-refractivity contribution in [3.8, 4) is 0 Å². The zero-order chi connectivity index (χ0) is 48.8. The van der Waals surface area contributed by atoms with Crippen molar-refractivity contribution in [1.29, 1.82) is 0 Å². The van der Waals surface area contributed by atoms with Crippen molar-refractivity contribution in [2.45, 2.75) is 89.3 Å². The Morgan fingerprint density at radius 1 is 0.630 bits per heavy atom. The number of imidazole rings is 2. The van der Waals surface area contributed by atoms with E-state index in [-0.39, 0.29) is 55.2 Å². The summed E-state index contributed by atoms with van der Waals surface area (Å²) in [5, 5.41) is 48.4. The van der Waals surface area contributed by atoms with E-state index in [4.69, 9.17) is 44.7 Å². The molecule has 4 aromatic carbocycles. The predicted octanol–water partition coefficient (Wildman–Crippen LogP) is -0.675. The Morgan fingerprint density at radius 2 is 1.18 bits per heavy atom. The molecule has 372 valence electrons. The van der Waals surface area contributed by atoms with Gasteiger partial charge in [0.05, 0.1) is 44.7 Å². The third-order valence-electron chi connectivity index (χ3n) is 12.7. The van der Waals surface area contributed by atoms with Crippen LogP contribution < -0.4 is 52.0 Å². The molecular weight excluding hydrogens is 989 g/mol. The van der Waals surface area contributed by atoms with E-state index in [2.05, 4.69) is 78.4 Å². The number of aliphatic hydroxyl groups is 4. The molecule has 3 fully saturated rings. The van der Waals surface area contributed by atoms with Gasteiger partial charge in [0, 0.05) is 26.2 Å². The van der Waals surface area contributed by atoms with E-state index in [1.165, 1.54) is 28.4 Å². The van der Waals surface area contributed by atoms with Crippen molar-refractivity contribution >= 4 is 82.3 Å². The van der Waals surface area contributed by atoms with E-state index >= 15 is 0 Å². The van der Waals surface area contributed by atoms with Gasteiger partial charge in [0.1, 0.15) is 48.1 Å². The van der Waals surface area contributed by atoms with Crippen molar-refractivity contribution in [3.63, 3.8) is 0 Å². The molecule has 21 nitrogen and oxygen atoms in total. The van der Waals surface area contributed by atoms with E-state index in [1.807, 2.05) is 48.5 Å². The molecule has 3 unspecified atom stereocenters. The summed E-state index contributed by atoms with van der Waals surface area (Å²) in [5.41, 5.74) is 17.3. The number of hydrogen-bond donors (Lipinski definition) is 7. The van der Waals surface area contributed by atoms with Crippen LogP contribution in [0.5, 0.6) is 0 Å². The molecule has 0 bridgehead atoms. The maximum atomic E-state index is 10.1. The predicted molar refractivity (Wildman–Crippen MR) is 267 cm³/mol. The van der Waals surface area contributed by atoms with Crippen molar-refractivity contribution < 1.29 is 83.1 Å². The number of aromatic nitrogens is 8. The van der Waals surface area contributed by atoms with Gasteiger partial charge in [0.2, 0.25) is 0 Å². The van der Waals surface area contributed by atoms with Crippen LogP contribution in [-0.4, -0.2) is 128 Å². The van der Waals surface area contributed by atoms with E-state index in [0.717, 1.165) is 36.7 Å². The summed E-state index contributed by atoms with van der Waals surface area (Å²) >= 11 is 3.35. The van der Waals surface area contributed by atoms with Crippen LogP contribution in [0.25, 0.3) is 22.3 Å². The van der Waals surface area contributed by atoms with Crippen LogP contribution in [-0.2, 0) is 41.3 Å². The van der Waals surface area contributed by atoms with Crippen LogP contribution >= 0.6 is 23.5 Å². The molecule has 9 N–H and O–H groups in total. The Bertz CT molecular complexity index is 3200. The number of benzene rings is 4. The summed E-state index contributed by atoms with van der Waals surface area (Å²) < 4.78 is 39.1. The van der Waals surface area contributed by atoms with Gasteiger partial charge >= 0.3 is 43.4 Å². The topological polar surface area (TPSA) is 296 Å². The fourth-order valence-electron chi connectivity index (χ4n) is 9.17. The number of rotatable bonds is 8. The Kier molecular flexibility index (Phi) is 16.2. The molecule has 3 saturated heterocycles. The maximum absolute atomic E-state index is 10.1. The Labute approximate surface area is 449 Å². The molecule has 9 atom stereocenters. The van der Waals surface area contributed by atoms with Gasteiger partial charge in [0.15, 0.2) is 35.4 Å². The largest absolute Gasteiger partial charge is 1.00 e. The third kappa shape index (κ3) is 10.3. The molecular formula is C47H49B2N10NaO11S2. The second kappa shape index (κ2) is 22.4. The normalized spacial score (nSPS) is 25.3. The number of ether oxygens (including phenoxy) is 2. The molecule has 73 heavy (non-hydrogen) atoms. The molecule has 13 rings (SSSR count). The molecule has 0 saturated carbocycles. The minimum atomic E-state index is -2.21. The minimum Gasteiger partial charge on any atom is -0.537 e. The van der Waals surface area contributed by atoms with E-state index in [0.29, 0.717) is 35.5 Å². The Morgan fingerprint density at radius 3 is 1.77 bits per heavy atom. The van der Waals surface area contributed by atoms with E-state index in [1.54, 1.807) is 34.4 Å². The molecule has 1 spiro atoms. The second-order valence-electron chi connectivity index (χ2n) is 17.0. The average molecular weight is 1040 g/mol. The first-order valence-electron chi connectivity index (χ1n) is 22.5. The summed E-state index contributed by atoms with van der Waals surface area (Å²) in [6.07, 6.45) is -0.754. The molecule has 5 aliphatic heterocycles. The fourth-order valence-corrected chi connectivity index (χ4v) is 10.9. The molecule has 8 aromatic rings. The maximum Gasteiger partial charge on any atom is 1.00 e. The number of nitrogen functional groups attached to an aromatic ring is 2. The molecule has 0 amide bonds. The molecule has 5 aliphatic rings. The SMILES string of the molecule is C.Nc1ncnc2c1ncn2[C@@H]1O[C@H](CO)[C@@H]2O[B-]3(OCc4ccc(Sc5ccccc5)cc43)OC21.Nc1ncnc2c1ncn2[C@@H]1O[C@H](CO)[C@H](O)C1O.OB1OCc2ccc(Sc3ccccc3)cc21.[Na+]. The van der Waals surface area contributed by atoms with Gasteiger partial charge < -0.3 is 65.0 Å². The summed E-state index contributed by atoms with van der Waals surface area (Å²) in [6, 6.07) is 32.7. The first-order valence-corrected chi connectivity index (χ1v) is 24.1. The summed E-state index contributed by atoms with van der Waals surface area (Å²) in [5.74, 6) is 0.498. The van der Waals surface area contributed by atoms with Crippen LogP contribution in [0, 0.1) is 0 Å². The van der Waals surface area contributed by atoms with Crippen molar-refractivity contribution in [3.05, 3.63) is 133 Å². The van der Waals surface area contributed by atoms with Crippen LogP contribution in [0.4, 0.5) is 11.6 Å². The summed E-state index contributed by atoms with van der Waals surface area (Å²) in [7, 11) is -0.763. The van der Waals surface area contributed by atoms with E-state index in [9.17, 15) is 20.3 Å². The third-order valence-corrected chi connectivity index (χ3v) is 14.7. The molecule has 26 heteroatoms. The molecule has 4 aromatic heterocycles. The van der Waals surface area contributed by atoms with Crippen LogP contribution in [0.15, 0.2) is 142 Å². The van der Waals surface area contributed by atoms with Crippen LogP contribution in [0.3, 0.4) is 0 Å². The smallest absolute Gasteiger partial charge is 0.537 e. The monoisotopic (exact) mass is 1040 g/mol. The van der Waals surface area contributed by atoms with Crippen molar-refractivity contribution in [1.82, 2.24) is 39.0 Å². The van der Waals surface area contributed by atoms with Crippen LogP contribution in [0.2, 0.25) is 0 Å². The van der Waals surface area contributed by atoms with Crippen molar-refractivity contribution in [2.24, 2.45) is 0 Å². The summed E-state index contributed by atoms with van der Waals surface area (Å²) in [4.78, 5) is 29.1. The van der Waals surface area contributed by atoms with Gasteiger partial charge in [0.25, 0.3) is 0 Å². The van der Waals surface area contributed by atoms with Gasteiger partial charge in [-0.1, -0.05) is 91.1 Å². The molecule has 0 aliphatic carbocycles. The number of hydrogen-bond acceptors (Lipinski definition) is 21.